The molecule has 0 aliphatic heterocycles. The molecule has 0 radical (unpaired) electrons. The highest BCUT2D eigenvalue weighted by Gasteiger charge is 2.16. The van der Waals surface area contributed by atoms with E-state index in [1.165, 1.54) is 12.1 Å². The molecule has 1 rings (SSSR count). The molecule has 14 heavy (non-hydrogen) atoms. The summed E-state index contributed by atoms with van der Waals surface area (Å²) in [5.41, 5.74) is -0.139. The van der Waals surface area contributed by atoms with E-state index >= 15 is 0 Å². The molecule has 0 fully saturated rings. The predicted molar refractivity (Wildman–Crippen MR) is 49.4 cm³/mol. The Labute approximate surface area is 83.6 Å². The molecule has 1 aromatic carbocycles. The monoisotopic (exact) mass is 237 g/mol. The number of nitro groups is 1. The van der Waals surface area contributed by atoms with Gasteiger partial charge in [0.15, 0.2) is 0 Å². The zero-order chi connectivity index (χ0) is 10.8. The fourth-order valence-corrected chi connectivity index (χ4v) is 1.38. The third-order valence-electron chi connectivity index (χ3n) is 1.27. The van der Waals surface area contributed by atoms with Gasteiger partial charge in [-0.25, -0.2) is 4.57 Å². The van der Waals surface area contributed by atoms with Crippen LogP contribution in [0.1, 0.15) is 0 Å². The molecule has 0 heterocycles. The summed E-state index contributed by atoms with van der Waals surface area (Å²) in [6, 6.07) is 4.65. The Morgan fingerprint density at radius 1 is 1.43 bits per heavy atom. The Hall–Kier alpha value is -1.10. The van der Waals surface area contributed by atoms with Crippen molar-refractivity contribution in [1.29, 1.82) is 0 Å². The lowest BCUT2D eigenvalue weighted by atomic mass is 10.3. The van der Waals surface area contributed by atoms with Crippen molar-refractivity contribution >= 4 is 23.9 Å². The Bertz CT molecular complexity index is 386. The zero-order valence-electron chi connectivity index (χ0n) is 6.66. The lowest BCUT2D eigenvalue weighted by molar-refractivity contribution is -0.384. The van der Waals surface area contributed by atoms with Gasteiger partial charge in [0.05, 0.1) is 4.92 Å². The van der Waals surface area contributed by atoms with Crippen LogP contribution in [0.5, 0.6) is 5.75 Å². The lowest BCUT2D eigenvalue weighted by Gasteiger charge is -2.04. The van der Waals surface area contributed by atoms with Crippen molar-refractivity contribution in [3.8, 4) is 5.75 Å². The molecular weight excluding hydrogens is 232 g/mol. The smallest absolute Gasteiger partial charge is 0.413 e. The van der Waals surface area contributed by atoms with Crippen molar-refractivity contribution in [2.45, 2.75) is 0 Å². The molecule has 0 amide bonds. The summed E-state index contributed by atoms with van der Waals surface area (Å²) in [5.74, 6) is -0.00330. The van der Waals surface area contributed by atoms with E-state index in [1.54, 1.807) is 0 Å². The minimum absolute atomic E-state index is 0.00330. The molecule has 0 saturated heterocycles. The molecular formula is C6H5ClNO5P. The van der Waals surface area contributed by atoms with E-state index in [0.29, 0.717) is 0 Å². The molecule has 0 aliphatic rings. The number of halogens is 1. The van der Waals surface area contributed by atoms with Gasteiger partial charge in [-0.3, -0.25) is 10.1 Å². The minimum atomic E-state index is -4.12. The molecule has 0 aliphatic carbocycles. The third-order valence-corrected chi connectivity index (χ3v) is 1.91. The van der Waals surface area contributed by atoms with Gasteiger partial charge in [0, 0.05) is 23.4 Å². The molecule has 0 spiro atoms. The maximum atomic E-state index is 10.6. The average molecular weight is 238 g/mol. The van der Waals surface area contributed by atoms with Crippen molar-refractivity contribution < 1.29 is 18.9 Å². The quantitative estimate of drug-likeness (QED) is 0.495. The maximum absolute atomic E-state index is 10.6. The van der Waals surface area contributed by atoms with Crippen LogP contribution >= 0.6 is 18.2 Å². The van der Waals surface area contributed by atoms with Crippen LogP contribution in [-0.4, -0.2) is 9.82 Å². The normalized spacial score (nSPS) is 14.4. The Morgan fingerprint density at radius 3 is 2.29 bits per heavy atom. The van der Waals surface area contributed by atoms with Gasteiger partial charge in [-0.2, -0.15) is 0 Å². The maximum Gasteiger partial charge on any atom is 0.474 e. The molecule has 76 valence electrons. The molecule has 8 heteroatoms. The van der Waals surface area contributed by atoms with E-state index < -0.39 is 11.9 Å². The number of rotatable bonds is 3. The molecule has 0 bridgehead atoms. The van der Waals surface area contributed by atoms with E-state index in [4.69, 9.17) is 16.1 Å². The van der Waals surface area contributed by atoms with Gasteiger partial charge in [-0.05, 0) is 12.1 Å². The van der Waals surface area contributed by atoms with Crippen LogP contribution in [0, 0.1) is 10.1 Å². The minimum Gasteiger partial charge on any atom is -0.413 e. The molecule has 1 unspecified atom stereocenters. The fraction of sp³-hybridized carbons (Fsp3) is 0. The molecule has 1 aromatic rings. The van der Waals surface area contributed by atoms with Crippen molar-refractivity contribution in [2.75, 3.05) is 0 Å². The highest BCUT2D eigenvalue weighted by molar-refractivity contribution is 7.80. The van der Waals surface area contributed by atoms with Gasteiger partial charge < -0.3 is 9.42 Å². The highest BCUT2D eigenvalue weighted by Crippen LogP contribution is 2.47. The molecule has 1 N–H and O–H groups in total. The number of hydrogen-bond donors (Lipinski definition) is 1. The van der Waals surface area contributed by atoms with Gasteiger partial charge in [0.1, 0.15) is 5.75 Å². The number of nitrogens with zero attached hydrogens (tertiary/aromatic N) is 1. The summed E-state index contributed by atoms with van der Waals surface area (Å²) in [6.45, 7) is -4.12. The number of benzene rings is 1. The first-order valence-corrected chi connectivity index (χ1v) is 5.83. The van der Waals surface area contributed by atoms with E-state index in [-0.39, 0.29) is 11.4 Å². The van der Waals surface area contributed by atoms with Gasteiger partial charge in [0.2, 0.25) is 0 Å². The SMILES string of the molecule is O=[N+]([O-])c1ccc(OP(=O)(O)Cl)cc1. The van der Waals surface area contributed by atoms with Crippen LogP contribution < -0.4 is 4.52 Å². The number of non-ortho nitro benzene ring substituents is 1. The largest absolute Gasteiger partial charge is 0.474 e. The van der Waals surface area contributed by atoms with Crippen LogP contribution in [0.15, 0.2) is 24.3 Å². The Balaban J connectivity index is 2.84. The summed E-state index contributed by atoms with van der Waals surface area (Å²) >= 11 is 4.93. The van der Waals surface area contributed by atoms with Crippen molar-refractivity contribution in [2.24, 2.45) is 0 Å². The number of nitro benzene ring substituents is 1. The Kier molecular flexibility index (Phi) is 3.10. The van der Waals surface area contributed by atoms with Gasteiger partial charge in [0.25, 0.3) is 5.69 Å². The van der Waals surface area contributed by atoms with Crippen LogP contribution in [0.2, 0.25) is 0 Å². The summed E-state index contributed by atoms with van der Waals surface area (Å²) < 4.78 is 15.0. The predicted octanol–water partition coefficient (Wildman–Crippen LogP) is 2.31. The van der Waals surface area contributed by atoms with Gasteiger partial charge in [-0.1, -0.05) is 0 Å². The van der Waals surface area contributed by atoms with Gasteiger partial charge in [-0.15, -0.1) is 0 Å². The fourth-order valence-electron chi connectivity index (χ4n) is 0.759. The number of hydrogen-bond acceptors (Lipinski definition) is 4. The van der Waals surface area contributed by atoms with Gasteiger partial charge >= 0.3 is 6.95 Å². The first-order chi connectivity index (χ1) is 6.38. The summed E-state index contributed by atoms with van der Waals surface area (Å²) in [6.07, 6.45) is 0. The average Bonchev–Trinajstić information content (AvgIpc) is 2.02. The zero-order valence-corrected chi connectivity index (χ0v) is 8.31. The van der Waals surface area contributed by atoms with Crippen molar-refractivity contribution in [1.82, 2.24) is 0 Å². The topological polar surface area (TPSA) is 89.7 Å². The first kappa shape index (κ1) is 11.0. The molecule has 6 nitrogen and oxygen atoms in total. The van der Waals surface area contributed by atoms with Crippen LogP contribution in [0.4, 0.5) is 5.69 Å². The lowest BCUT2D eigenvalue weighted by Crippen LogP contribution is -1.88. The molecule has 0 saturated carbocycles. The Morgan fingerprint density at radius 2 is 1.93 bits per heavy atom. The van der Waals surface area contributed by atoms with Crippen molar-refractivity contribution in [3.63, 3.8) is 0 Å². The van der Waals surface area contributed by atoms with Crippen LogP contribution in [0.3, 0.4) is 0 Å². The molecule has 1 atom stereocenters. The van der Waals surface area contributed by atoms with Crippen LogP contribution in [0.25, 0.3) is 0 Å². The standard InChI is InChI=1S/C6H5ClNO5P/c7-14(11,12)13-6-3-1-5(2-4-6)8(9)10/h1-4H,(H,11,12). The third kappa shape index (κ3) is 3.33. The summed E-state index contributed by atoms with van der Waals surface area (Å²) in [5, 5.41) is 10.2. The molecule has 0 aromatic heterocycles. The second kappa shape index (κ2) is 3.96. The van der Waals surface area contributed by atoms with E-state index in [2.05, 4.69) is 4.52 Å². The van der Waals surface area contributed by atoms with Crippen molar-refractivity contribution in [3.05, 3.63) is 34.4 Å². The summed E-state index contributed by atoms with van der Waals surface area (Å²) in [4.78, 5) is 18.3. The second-order valence-electron chi connectivity index (χ2n) is 2.29. The second-order valence-corrected chi connectivity index (χ2v) is 4.66. The first-order valence-electron chi connectivity index (χ1n) is 3.35. The van der Waals surface area contributed by atoms with E-state index in [0.717, 1.165) is 12.1 Å². The van der Waals surface area contributed by atoms with E-state index in [1.807, 2.05) is 0 Å². The van der Waals surface area contributed by atoms with Crippen LogP contribution in [-0.2, 0) is 4.57 Å². The summed E-state index contributed by atoms with van der Waals surface area (Å²) in [7, 11) is 0. The van der Waals surface area contributed by atoms with E-state index in [9.17, 15) is 14.7 Å². The highest BCUT2D eigenvalue weighted by atomic mass is 35.7.